The zero-order chi connectivity index (χ0) is 11.6. The minimum atomic E-state index is 0. The molecule has 0 saturated carbocycles. The Kier molecular flexibility index (Phi) is 15.1. The topological polar surface area (TPSA) is 44.3 Å². The van der Waals surface area contributed by atoms with Crippen molar-refractivity contribution in [1.29, 1.82) is 0 Å². The summed E-state index contributed by atoms with van der Waals surface area (Å²) in [6.07, 6.45) is 1.05. The van der Waals surface area contributed by atoms with E-state index in [1.165, 1.54) is 0 Å². The second kappa shape index (κ2) is 13.4. The smallest absolute Gasteiger partial charge is 0.0555 e. The Labute approximate surface area is 126 Å². The Bertz CT molecular complexity index is 300. The van der Waals surface area contributed by atoms with Crippen molar-refractivity contribution in [1.82, 2.24) is 10.6 Å². The molecule has 3 N–H and O–H groups in total. The van der Waals surface area contributed by atoms with Crippen molar-refractivity contribution in [3.63, 3.8) is 0 Å². The second-order valence-corrected chi connectivity index (χ2v) is 4.00. The maximum Gasteiger partial charge on any atom is 0.0555 e. The van der Waals surface area contributed by atoms with Crippen molar-refractivity contribution >= 4 is 36.4 Å². The average Bonchev–Trinajstić information content (AvgIpc) is 2.30. The molecule has 0 saturated heterocycles. The van der Waals surface area contributed by atoms with Crippen LogP contribution < -0.4 is 10.6 Å². The first-order chi connectivity index (χ1) is 7.84. The molecule has 0 aliphatic rings. The van der Waals surface area contributed by atoms with Crippen molar-refractivity contribution in [3.8, 4) is 0 Å². The normalized spacial score (nSPS) is 9.44. The summed E-state index contributed by atoms with van der Waals surface area (Å²) >= 11 is 6.03. The molecule has 6 heteroatoms. The standard InChI is InChI=1S/C12H19ClN2O.2ClH/c13-12-5-2-1-4-11(12)10-15-7-3-6-14-8-9-16;;/h1-2,4-5,14-16H,3,6-10H2;2*1H. The van der Waals surface area contributed by atoms with Crippen molar-refractivity contribution in [2.45, 2.75) is 13.0 Å². The number of aliphatic hydroxyl groups excluding tert-OH is 1. The Morgan fingerprint density at radius 1 is 1.00 bits per heavy atom. The van der Waals surface area contributed by atoms with Crippen molar-refractivity contribution in [2.24, 2.45) is 0 Å². The minimum absolute atomic E-state index is 0. The third-order valence-corrected chi connectivity index (χ3v) is 2.64. The summed E-state index contributed by atoms with van der Waals surface area (Å²) in [6, 6.07) is 7.86. The fraction of sp³-hybridized carbons (Fsp3) is 0.500. The van der Waals surface area contributed by atoms with Gasteiger partial charge in [-0.05, 0) is 31.1 Å². The van der Waals surface area contributed by atoms with Crippen LogP contribution in [0, 0.1) is 0 Å². The third-order valence-electron chi connectivity index (χ3n) is 2.27. The van der Waals surface area contributed by atoms with Gasteiger partial charge in [0.1, 0.15) is 0 Å². The summed E-state index contributed by atoms with van der Waals surface area (Å²) in [4.78, 5) is 0. The number of nitrogens with one attached hydrogen (secondary N) is 2. The number of hydrogen-bond donors (Lipinski definition) is 3. The molecule has 0 fully saturated rings. The van der Waals surface area contributed by atoms with E-state index in [0.717, 1.165) is 36.6 Å². The van der Waals surface area contributed by atoms with Crippen LogP contribution in [0.5, 0.6) is 0 Å². The summed E-state index contributed by atoms with van der Waals surface area (Å²) in [7, 11) is 0. The van der Waals surface area contributed by atoms with Gasteiger partial charge in [0.05, 0.1) is 6.61 Å². The molecule has 0 heterocycles. The summed E-state index contributed by atoms with van der Waals surface area (Å²) < 4.78 is 0. The van der Waals surface area contributed by atoms with Crippen LogP contribution in [0.2, 0.25) is 5.02 Å². The number of hydrogen-bond acceptors (Lipinski definition) is 3. The lowest BCUT2D eigenvalue weighted by Crippen LogP contribution is -2.23. The third kappa shape index (κ3) is 8.97. The average molecular weight is 316 g/mol. The highest BCUT2D eigenvalue weighted by molar-refractivity contribution is 6.31. The van der Waals surface area contributed by atoms with Gasteiger partial charge < -0.3 is 15.7 Å². The molecule has 1 rings (SSSR count). The lowest BCUT2D eigenvalue weighted by Gasteiger charge is -2.06. The van der Waals surface area contributed by atoms with Crippen LogP contribution in [-0.2, 0) is 6.54 Å². The molecule has 0 bridgehead atoms. The molecule has 0 radical (unpaired) electrons. The van der Waals surface area contributed by atoms with Crippen LogP contribution in [0.25, 0.3) is 0 Å². The zero-order valence-corrected chi connectivity index (χ0v) is 12.6. The Hall–Kier alpha value is -0.0300. The number of aliphatic hydroxyl groups is 1. The predicted octanol–water partition coefficient (Wildman–Crippen LogP) is 2.25. The van der Waals surface area contributed by atoms with E-state index in [4.69, 9.17) is 16.7 Å². The molecule has 0 aromatic heterocycles. The molecular formula is C12H21Cl3N2O. The van der Waals surface area contributed by atoms with Crippen LogP contribution in [-0.4, -0.2) is 31.3 Å². The number of halogens is 3. The van der Waals surface area contributed by atoms with Gasteiger partial charge in [0.25, 0.3) is 0 Å². The summed E-state index contributed by atoms with van der Waals surface area (Å²) in [5.74, 6) is 0. The molecule has 0 atom stereocenters. The first-order valence-corrected chi connectivity index (χ1v) is 5.98. The Morgan fingerprint density at radius 2 is 1.67 bits per heavy atom. The van der Waals surface area contributed by atoms with Gasteiger partial charge >= 0.3 is 0 Å². The first-order valence-electron chi connectivity index (χ1n) is 5.60. The van der Waals surface area contributed by atoms with E-state index in [2.05, 4.69) is 10.6 Å². The van der Waals surface area contributed by atoms with E-state index in [1.807, 2.05) is 24.3 Å². The van der Waals surface area contributed by atoms with Crippen LogP contribution in [0.4, 0.5) is 0 Å². The fourth-order valence-electron chi connectivity index (χ4n) is 1.41. The van der Waals surface area contributed by atoms with Gasteiger partial charge in [0.15, 0.2) is 0 Å². The van der Waals surface area contributed by atoms with Crippen LogP contribution in [0.1, 0.15) is 12.0 Å². The fourth-order valence-corrected chi connectivity index (χ4v) is 1.61. The van der Waals surface area contributed by atoms with Gasteiger partial charge in [-0.1, -0.05) is 29.8 Å². The molecule has 0 aliphatic heterocycles. The number of benzene rings is 1. The van der Waals surface area contributed by atoms with Crippen molar-refractivity contribution in [2.75, 3.05) is 26.2 Å². The largest absolute Gasteiger partial charge is 0.395 e. The van der Waals surface area contributed by atoms with Gasteiger partial charge in [-0.15, -0.1) is 24.8 Å². The van der Waals surface area contributed by atoms with Crippen molar-refractivity contribution in [3.05, 3.63) is 34.9 Å². The van der Waals surface area contributed by atoms with E-state index in [9.17, 15) is 0 Å². The number of rotatable bonds is 8. The highest BCUT2D eigenvalue weighted by Crippen LogP contribution is 2.13. The highest BCUT2D eigenvalue weighted by Gasteiger charge is 1.97. The van der Waals surface area contributed by atoms with Gasteiger partial charge in [0.2, 0.25) is 0 Å². The van der Waals surface area contributed by atoms with E-state index in [-0.39, 0.29) is 31.4 Å². The summed E-state index contributed by atoms with van der Waals surface area (Å²) in [5.41, 5.74) is 1.13. The minimum Gasteiger partial charge on any atom is -0.395 e. The van der Waals surface area contributed by atoms with Gasteiger partial charge in [-0.2, -0.15) is 0 Å². The van der Waals surface area contributed by atoms with Crippen LogP contribution in [0.3, 0.4) is 0 Å². The SMILES string of the molecule is Cl.Cl.OCCNCCCNCc1ccccc1Cl. The van der Waals surface area contributed by atoms with E-state index >= 15 is 0 Å². The maximum atomic E-state index is 8.56. The molecule has 0 aliphatic carbocycles. The van der Waals surface area contributed by atoms with Gasteiger partial charge in [0, 0.05) is 18.1 Å². The molecule has 1 aromatic carbocycles. The molecule has 1 aromatic rings. The second-order valence-electron chi connectivity index (χ2n) is 3.60. The summed E-state index contributed by atoms with van der Waals surface area (Å²) in [6.45, 7) is 3.55. The molecule has 0 unspecified atom stereocenters. The zero-order valence-electron chi connectivity index (χ0n) is 10.2. The van der Waals surface area contributed by atoms with Gasteiger partial charge in [-0.25, -0.2) is 0 Å². The summed E-state index contributed by atoms with van der Waals surface area (Å²) in [5, 5.41) is 15.8. The van der Waals surface area contributed by atoms with E-state index < -0.39 is 0 Å². The molecule has 0 amide bonds. The molecule has 3 nitrogen and oxygen atoms in total. The molecular weight excluding hydrogens is 295 g/mol. The Balaban J connectivity index is 0. The maximum absolute atomic E-state index is 8.56. The first kappa shape index (κ1) is 20.3. The molecule has 106 valence electrons. The molecule has 0 spiro atoms. The van der Waals surface area contributed by atoms with Crippen molar-refractivity contribution < 1.29 is 5.11 Å². The van der Waals surface area contributed by atoms with Crippen LogP contribution >= 0.6 is 36.4 Å². The molecule has 18 heavy (non-hydrogen) atoms. The lowest BCUT2D eigenvalue weighted by atomic mass is 10.2. The van der Waals surface area contributed by atoms with E-state index in [1.54, 1.807) is 0 Å². The Morgan fingerprint density at radius 3 is 2.33 bits per heavy atom. The van der Waals surface area contributed by atoms with Crippen LogP contribution in [0.15, 0.2) is 24.3 Å². The quantitative estimate of drug-likeness (QED) is 0.645. The predicted molar refractivity (Wildman–Crippen MR) is 82.2 cm³/mol. The highest BCUT2D eigenvalue weighted by atomic mass is 35.5. The van der Waals surface area contributed by atoms with E-state index in [0.29, 0.717) is 6.54 Å². The monoisotopic (exact) mass is 314 g/mol. The lowest BCUT2D eigenvalue weighted by molar-refractivity contribution is 0.292. The van der Waals surface area contributed by atoms with Gasteiger partial charge in [-0.3, -0.25) is 0 Å².